The lowest BCUT2D eigenvalue weighted by atomic mass is 9.83. The third-order valence-electron chi connectivity index (χ3n) is 7.88. The van der Waals surface area contributed by atoms with Gasteiger partial charge in [0.15, 0.2) is 0 Å². The van der Waals surface area contributed by atoms with Crippen LogP contribution in [0.2, 0.25) is 0 Å². The van der Waals surface area contributed by atoms with E-state index in [9.17, 15) is 4.79 Å². The molecule has 5 heterocycles. The SMILES string of the molecule is O=c1cccc2n1C[C@@H]1C[C@H]2CN(c2nc(NCCC3=CCCCC3)nc(N3CCCC3)n2)C1. The molecule has 0 aromatic carbocycles. The van der Waals surface area contributed by atoms with E-state index < -0.39 is 0 Å². The maximum absolute atomic E-state index is 12.4. The summed E-state index contributed by atoms with van der Waals surface area (Å²) in [4.78, 5) is 31.7. The highest BCUT2D eigenvalue weighted by atomic mass is 16.1. The molecular formula is C26H35N7O. The minimum atomic E-state index is 0.122. The van der Waals surface area contributed by atoms with Crippen LogP contribution in [0.1, 0.15) is 63.0 Å². The van der Waals surface area contributed by atoms with Crippen molar-refractivity contribution >= 4 is 17.8 Å². The summed E-state index contributed by atoms with van der Waals surface area (Å²) in [5.41, 5.74) is 2.84. The number of pyridine rings is 1. The molecule has 2 aromatic heterocycles. The first-order valence-electron chi connectivity index (χ1n) is 13.1. The molecule has 2 atom stereocenters. The van der Waals surface area contributed by atoms with Crippen LogP contribution in [0.5, 0.6) is 0 Å². The van der Waals surface area contributed by atoms with E-state index in [1.807, 2.05) is 10.6 Å². The second kappa shape index (κ2) is 9.39. The van der Waals surface area contributed by atoms with Crippen molar-refractivity contribution in [3.63, 3.8) is 0 Å². The molecule has 8 nitrogen and oxygen atoms in total. The summed E-state index contributed by atoms with van der Waals surface area (Å²) < 4.78 is 1.98. The predicted octanol–water partition coefficient (Wildman–Crippen LogP) is 3.56. The number of rotatable bonds is 6. The lowest BCUT2D eigenvalue weighted by Gasteiger charge is -2.42. The zero-order valence-corrected chi connectivity index (χ0v) is 20.0. The zero-order valence-electron chi connectivity index (χ0n) is 20.0. The van der Waals surface area contributed by atoms with Crippen molar-refractivity contribution in [1.29, 1.82) is 0 Å². The molecule has 0 spiro atoms. The topological polar surface area (TPSA) is 79.2 Å². The smallest absolute Gasteiger partial charge is 0.250 e. The van der Waals surface area contributed by atoms with E-state index in [1.54, 1.807) is 11.6 Å². The number of nitrogens with zero attached hydrogens (tertiary/aromatic N) is 6. The van der Waals surface area contributed by atoms with Gasteiger partial charge in [-0.05, 0) is 63.4 Å². The highest BCUT2D eigenvalue weighted by Gasteiger charge is 2.36. The second-order valence-corrected chi connectivity index (χ2v) is 10.3. The first-order chi connectivity index (χ1) is 16.7. The van der Waals surface area contributed by atoms with Gasteiger partial charge in [-0.25, -0.2) is 0 Å². The molecule has 8 heteroatoms. The van der Waals surface area contributed by atoms with Crippen LogP contribution in [0.15, 0.2) is 34.6 Å². The van der Waals surface area contributed by atoms with E-state index in [-0.39, 0.29) is 5.56 Å². The van der Waals surface area contributed by atoms with Gasteiger partial charge in [0.2, 0.25) is 17.8 Å². The number of nitrogens with one attached hydrogen (secondary N) is 1. The van der Waals surface area contributed by atoms with Gasteiger partial charge in [-0.15, -0.1) is 0 Å². The van der Waals surface area contributed by atoms with Crippen LogP contribution in [-0.2, 0) is 6.54 Å². The van der Waals surface area contributed by atoms with Gasteiger partial charge >= 0.3 is 0 Å². The van der Waals surface area contributed by atoms with E-state index in [1.165, 1.54) is 38.5 Å². The molecule has 3 aliphatic heterocycles. The maximum atomic E-state index is 12.4. The van der Waals surface area contributed by atoms with Crippen molar-refractivity contribution in [2.24, 2.45) is 5.92 Å². The van der Waals surface area contributed by atoms with Crippen molar-refractivity contribution < 1.29 is 0 Å². The molecule has 2 bridgehead atoms. The number of anilines is 3. The Morgan fingerprint density at radius 3 is 2.62 bits per heavy atom. The van der Waals surface area contributed by atoms with Gasteiger partial charge in [0.25, 0.3) is 5.56 Å². The van der Waals surface area contributed by atoms with Crippen LogP contribution in [0, 0.1) is 5.92 Å². The normalized spacial score (nSPS) is 24.1. The number of allylic oxidation sites excluding steroid dienone is 1. The highest BCUT2D eigenvalue weighted by Crippen LogP contribution is 2.36. The molecular weight excluding hydrogens is 426 g/mol. The highest BCUT2D eigenvalue weighted by molar-refractivity contribution is 5.47. The largest absolute Gasteiger partial charge is 0.354 e. The van der Waals surface area contributed by atoms with Gasteiger partial charge in [-0.3, -0.25) is 4.79 Å². The van der Waals surface area contributed by atoms with Crippen LogP contribution in [0.4, 0.5) is 17.8 Å². The van der Waals surface area contributed by atoms with Crippen LogP contribution < -0.4 is 20.7 Å². The van der Waals surface area contributed by atoms with Crippen LogP contribution in [0.25, 0.3) is 0 Å². The number of hydrogen-bond donors (Lipinski definition) is 1. The zero-order chi connectivity index (χ0) is 22.9. The van der Waals surface area contributed by atoms with E-state index >= 15 is 0 Å². The molecule has 0 radical (unpaired) electrons. The Balaban J connectivity index is 1.24. The van der Waals surface area contributed by atoms with Crippen molar-refractivity contribution in [3.8, 4) is 0 Å². The molecule has 6 rings (SSSR count). The van der Waals surface area contributed by atoms with Gasteiger partial charge in [0.05, 0.1) is 0 Å². The summed E-state index contributed by atoms with van der Waals surface area (Å²) in [6.45, 7) is 5.39. The first-order valence-corrected chi connectivity index (χ1v) is 13.1. The maximum Gasteiger partial charge on any atom is 0.250 e. The molecule has 2 fully saturated rings. The summed E-state index contributed by atoms with van der Waals surface area (Å²) in [6.07, 6.45) is 12.1. The number of hydrogen-bond acceptors (Lipinski definition) is 7. The molecule has 1 N–H and O–H groups in total. The summed E-state index contributed by atoms with van der Waals surface area (Å²) in [5.74, 6) is 3.04. The van der Waals surface area contributed by atoms with Crippen molar-refractivity contribution in [1.82, 2.24) is 19.5 Å². The van der Waals surface area contributed by atoms with E-state index in [0.29, 0.717) is 17.8 Å². The second-order valence-electron chi connectivity index (χ2n) is 10.3. The first kappa shape index (κ1) is 21.6. The molecule has 0 saturated carbocycles. The molecule has 0 amide bonds. The van der Waals surface area contributed by atoms with E-state index in [0.717, 1.165) is 69.7 Å². The molecule has 1 aliphatic carbocycles. The standard InChI is InChI=1S/C26H35N7O/c34-23-10-6-9-22-21-15-20(17-33(22)23)16-32(18-21)26-29-24(27-12-11-19-7-2-1-3-8-19)28-25(30-26)31-13-4-5-14-31/h6-7,9-10,20-21H,1-5,8,11-18H2,(H,27,28,29,30)/t20-,21+/m1/s1. The number of piperidine rings is 1. The van der Waals surface area contributed by atoms with Crippen molar-refractivity contribution in [3.05, 3.63) is 45.9 Å². The van der Waals surface area contributed by atoms with Gasteiger partial charge in [0.1, 0.15) is 0 Å². The molecule has 180 valence electrons. The lowest BCUT2D eigenvalue weighted by molar-refractivity contribution is 0.279. The van der Waals surface area contributed by atoms with Crippen molar-refractivity contribution in [2.75, 3.05) is 47.8 Å². The number of fused-ring (bicyclic) bond motifs is 4. The molecule has 34 heavy (non-hydrogen) atoms. The van der Waals surface area contributed by atoms with Crippen molar-refractivity contribution in [2.45, 2.75) is 63.8 Å². The van der Waals surface area contributed by atoms with Crippen LogP contribution >= 0.6 is 0 Å². The summed E-state index contributed by atoms with van der Waals surface area (Å²) in [6, 6.07) is 5.69. The minimum Gasteiger partial charge on any atom is -0.354 e. The molecule has 0 unspecified atom stereocenters. The average Bonchev–Trinajstić information content (AvgIpc) is 3.40. The lowest BCUT2D eigenvalue weighted by Crippen LogP contribution is -2.47. The summed E-state index contributed by atoms with van der Waals surface area (Å²) >= 11 is 0. The Morgan fingerprint density at radius 1 is 0.941 bits per heavy atom. The van der Waals surface area contributed by atoms with Crippen LogP contribution in [0.3, 0.4) is 0 Å². The molecule has 2 aromatic rings. The Hall–Kier alpha value is -2.90. The third kappa shape index (κ3) is 4.42. The Morgan fingerprint density at radius 2 is 1.79 bits per heavy atom. The summed E-state index contributed by atoms with van der Waals surface area (Å²) in [5, 5.41) is 3.51. The Bertz CT molecular complexity index is 1120. The fourth-order valence-electron chi connectivity index (χ4n) is 6.16. The quantitative estimate of drug-likeness (QED) is 0.659. The molecule has 2 saturated heterocycles. The Kier molecular flexibility index (Phi) is 5.97. The van der Waals surface area contributed by atoms with Gasteiger partial charge in [-0.2, -0.15) is 15.0 Å². The third-order valence-corrected chi connectivity index (χ3v) is 7.88. The number of aromatic nitrogens is 4. The van der Waals surface area contributed by atoms with E-state index in [2.05, 4.69) is 27.3 Å². The minimum absolute atomic E-state index is 0.122. The monoisotopic (exact) mass is 461 g/mol. The van der Waals surface area contributed by atoms with Gasteiger partial charge < -0.3 is 19.7 Å². The van der Waals surface area contributed by atoms with Crippen LogP contribution in [-0.4, -0.2) is 52.2 Å². The molecule has 4 aliphatic rings. The van der Waals surface area contributed by atoms with Gasteiger partial charge in [0, 0.05) is 56.9 Å². The fourth-order valence-corrected chi connectivity index (χ4v) is 6.16. The van der Waals surface area contributed by atoms with Gasteiger partial charge in [-0.1, -0.05) is 17.7 Å². The fraction of sp³-hybridized carbons (Fsp3) is 0.615. The Labute approximate surface area is 201 Å². The summed E-state index contributed by atoms with van der Waals surface area (Å²) in [7, 11) is 0. The predicted molar refractivity (Wildman–Crippen MR) is 135 cm³/mol. The van der Waals surface area contributed by atoms with E-state index in [4.69, 9.17) is 15.0 Å². The average molecular weight is 462 g/mol.